The van der Waals surface area contributed by atoms with Gasteiger partial charge in [-0.15, -0.1) is 0 Å². The van der Waals surface area contributed by atoms with Crippen molar-refractivity contribution in [2.45, 2.75) is 32.6 Å². The molecule has 1 N–H and O–H groups in total. The molecule has 0 atom stereocenters. The average Bonchev–Trinajstić information content (AvgIpc) is 2.54. The SMILES string of the molecule is CCn1cc(CSCCC(=O)O)c(C)n1. The molecule has 0 aromatic carbocycles. The van der Waals surface area contributed by atoms with Crippen molar-refractivity contribution >= 4 is 17.7 Å². The predicted molar refractivity (Wildman–Crippen MR) is 61.1 cm³/mol. The molecule has 0 saturated heterocycles. The van der Waals surface area contributed by atoms with Crippen LogP contribution in [0.25, 0.3) is 0 Å². The first-order valence-electron chi connectivity index (χ1n) is 4.96. The third-order valence-electron chi connectivity index (χ3n) is 2.09. The fourth-order valence-electron chi connectivity index (χ4n) is 1.20. The van der Waals surface area contributed by atoms with Crippen molar-refractivity contribution in [3.8, 4) is 0 Å². The van der Waals surface area contributed by atoms with Crippen LogP contribution in [0.15, 0.2) is 6.20 Å². The summed E-state index contributed by atoms with van der Waals surface area (Å²) in [6.07, 6.45) is 2.26. The number of hydrogen-bond donors (Lipinski definition) is 1. The second kappa shape index (κ2) is 5.80. The van der Waals surface area contributed by atoms with E-state index in [0.29, 0.717) is 5.75 Å². The van der Waals surface area contributed by atoms with Gasteiger partial charge >= 0.3 is 5.97 Å². The molecule has 0 aliphatic carbocycles. The highest BCUT2D eigenvalue weighted by molar-refractivity contribution is 7.98. The van der Waals surface area contributed by atoms with E-state index in [4.69, 9.17) is 5.11 Å². The van der Waals surface area contributed by atoms with Crippen LogP contribution < -0.4 is 0 Å². The molecule has 0 amide bonds. The van der Waals surface area contributed by atoms with Crippen molar-refractivity contribution in [3.05, 3.63) is 17.5 Å². The highest BCUT2D eigenvalue weighted by Gasteiger charge is 2.04. The number of hydrogen-bond acceptors (Lipinski definition) is 3. The smallest absolute Gasteiger partial charge is 0.304 e. The maximum atomic E-state index is 10.3. The standard InChI is InChI=1S/C10H16N2O2S/c1-3-12-6-9(8(2)11-12)7-15-5-4-10(13)14/h6H,3-5,7H2,1-2H3,(H,13,14). The van der Waals surface area contributed by atoms with Crippen LogP contribution in [0, 0.1) is 6.92 Å². The Kier molecular flexibility index (Phi) is 4.68. The van der Waals surface area contributed by atoms with Gasteiger partial charge in [0.2, 0.25) is 0 Å². The predicted octanol–water partition coefficient (Wildman–Crippen LogP) is 1.92. The van der Waals surface area contributed by atoms with Crippen molar-refractivity contribution in [1.82, 2.24) is 9.78 Å². The van der Waals surface area contributed by atoms with E-state index in [1.54, 1.807) is 11.8 Å². The third-order valence-corrected chi connectivity index (χ3v) is 3.10. The number of carboxylic acids is 1. The summed E-state index contributed by atoms with van der Waals surface area (Å²) in [6, 6.07) is 0. The normalized spacial score (nSPS) is 10.5. The molecule has 0 radical (unpaired) electrons. The summed E-state index contributed by atoms with van der Waals surface area (Å²) >= 11 is 1.64. The number of aliphatic carboxylic acids is 1. The summed E-state index contributed by atoms with van der Waals surface area (Å²) in [5, 5.41) is 12.8. The first-order valence-corrected chi connectivity index (χ1v) is 6.11. The molecule has 1 heterocycles. The van der Waals surface area contributed by atoms with Gasteiger partial charge in [-0.2, -0.15) is 16.9 Å². The lowest BCUT2D eigenvalue weighted by atomic mass is 10.3. The van der Waals surface area contributed by atoms with Crippen molar-refractivity contribution < 1.29 is 9.90 Å². The number of rotatable bonds is 6. The van der Waals surface area contributed by atoms with Gasteiger partial charge < -0.3 is 5.11 Å². The molecule has 0 saturated carbocycles. The quantitative estimate of drug-likeness (QED) is 0.756. The van der Waals surface area contributed by atoms with E-state index in [9.17, 15) is 4.79 Å². The summed E-state index contributed by atoms with van der Waals surface area (Å²) < 4.78 is 1.91. The molecule has 0 spiro atoms. The fraction of sp³-hybridized carbons (Fsp3) is 0.600. The Morgan fingerprint density at radius 3 is 2.93 bits per heavy atom. The second-order valence-electron chi connectivity index (χ2n) is 3.29. The number of carbonyl (C=O) groups is 1. The Morgan fingerprint density at radius 1 is 1.67 bits per heavy atom. The average molecular weight is 228 g/mol. The van der Waals surface area contributed by atoms with Crippen LogP contribution in [-0.2, 0) is 17.1 Å². The first kappa shape index (κ1) is 12.1. The highest BCUT2D eigenvalue weighted by Crippen LogP contribution is 2.15. The van der Waals surface area contributed by atoms with E-state index in [1.165, 1.54) is 5.56 Å². The second-order valence-corrected chi connectivity index (χ2v) is 4.40. The van der Waals surface area contributed by atoms with Crippen molar-refractivity contribution in [3.63, 3.8) is 0 Å². The number of aromatic nitrogens is 2. The minimum atomic E-state index is -0.733. The maximum absolute atomic E-state index is 10.3. The van der Waals surface area contributed by atoms with Crippen molar-refractivity contribution in [1.29, 1.82) is 0 Å². The van der Waals surface area contributed by atoms with Crippen LogP contribution in [-0.4, -0.2) is 26.6 Å². The van der Waals surface area contributed by atoms with Crippen LogP contribution in [0.5, 0.6) is 0 Å². The third kappa shape index (κ3) is 3.95. The molecule has 0 fully saturated rings. The van der Waals surface area contributed by atoms with Crippen LogP contribution in [0.1, 0.15) is 24.6 Å². The van der Waals surface area contributed by atoms with Crippen LogP contribution in [0.2, 0.25) is 0 Å². The molecule has 1 rings (SSSR count). The molecular weight excluding hydrogens is 212 g/mol. The van der Waals surface area contributed by atoms with Gasteiger partial charge in [-0.05, 0) is 13.8 Å². The molecule has 4 nitrogen and oxygen atoms in total. The zero-order valence-electron chi connectivity index (χ0n) is 9.06. The van der Waals surface area contributed by atoms with Crippen molar-refractivity contribution in [2.75, 3.05) is 5.75 Å². The van der Waals surface area contributed by atoms with E-state index in [-0.39, 0.29) is 6.42 Å². The van der Waals surface area contributed by atoms with E-state index in [0.717, 1.165) is 18.0 Å². The number of thioether (sulfide) groups is 1. The summed E-state index contributed by atoms with van der Waals surface area (Å²) in [7, 11) is 0. The van der Waals surface area contributed by atoms with Gasteiger partial charge in [-0.25, -0.2) is 0 Å². The van der Waals surface area contributed by atoms with Gasteiger partial charge in [0.15, 0.2) is 0 Å². The zero-order valence-corrected chi connectivity index (χ0v) is 9.88. The number of carboxylic acid groups (broad SMARTS) is 1. The van der Waals surface area contributed by atoms with E-state index < -0.39 is 5.97 Å². The maximum Gasteiger partial charge on any atom is 0.304 e. The van der Waals surface area contributed by atoms with Gasteiger partial charge in [0.25, 0.3) is 0 Å². The lowest BCUT2D eigenvalue weighted by molar-refractivity contribution is -0.136. The lowest BCUT2D eigenvalue weighted by Gasteiger charge is -1.97. The van der Waals surface area contributed by atoms with Crippen LogP contribution >= 0.6 is 11.8 Å². The van der Waals surface area contributed by atoms with Gasteiger partial charge in [0.1, 0.15) is 0 Å². The van der Waals surface area contributed by atoms with Crippen LogP contribution in [0.4, 0.5) is 0 Å². The molecule has 15 heavy (non-hydrogen) atoms. The number of nitrogens with zero attached hydrogens (tertiary/aromatic N) is 2. The minimum Gasteiger partial charge on any atom is -0.481 e. The minimum absolute atomic E-state index is 0.228. The molecule has 1 aromatic heterocycles. The molecule has 84 valence electrons. The summed E-state index contributed by atoms with van der Waals surface area (Å²) in [6.45, 7) is 4.91. The zero-order chi connectivity index (χ0) is 11.3. The van der Waals surface area contributed by atoms with Gasteiger partial charge in [0.05, 0.1) is 12.1 Å². The molecule has 1 aromatic rings. The molecule has 0 aliphatic heterocycles. The Hall–Kier alpha value is -0.970. The summed E-state index contributed by atoms with van der Waals surface area (Å²) in [5.74, 6) is 0.772. The Labute approximate surface area is 93.7 Å². The largest absolute Gasteiger partial charge is 0.481 e. The van der Waals surface area contributed by atoms with E-state index in [2.05, 4.69) is 5.10 Å². The molecule has 0 bridgehead atoms. The molecule has 5 heteroatoms. The first-order chi connectivity index (χ1) is 7.13. The number of aryl methyl sites for hydroxylation is 2. The van der Waals surface area contributed by atoms with Gasteiger partial charge in [0, 0.05) is 29.8 Å². The van der Waals surface area contributed by atoms with E-state index in [1.807, 2.05) is 24.7 Å². The van der Waals surface area contributed by atoms with Gasteiger partial charge in [-0.1, -0.05) is 0 Å². The van der Waals surface area contributed by atoms with Crippen molar-refractivity contribution in [2.24, 2.45) is 0 Å². The Bertz CT molecular complexity index is 336. The summed E-state index contributed by atoms with van der Waals surface area (Å²) in [4.78, 5) is 10.3. The van der Waals surface area contributed by atoms with E-state index >= 15 is 0 Å². The topological polar surface area (TPSA) is 55.1 Å². The Morgan fingerprint density at radius 2 is 2.40 bits per heavy atom. The molecule has 0 unspecified atom stereocenters. The highest BCUT2D eigenvalue weighted by atomic mass is 32.2. The summed E-state index contributed by atoms with van der Waals surface area (Å²) in [5.41, 5.74) is 2.24. The lowest BCUT2D eigenvalue weighted by Crippen LogP contribution is -1.96. The fourth-order valence-corrected chi connectivity index (χ4v) is 2.17. The van der Waals surface area contributed by atoms with Gasteiger partial charge in [-0.3, -0.25) is 9.48 Å². The monoisotopic (exact) mass is 228 g/mol. The molecular formula is C10H16N2O2S. The molecule has 0 aliphatic rings. The Balaban J connectivity index is 2.36. The van der Waals surface area contributed by atoms with Crippen LogP contribution in [0.3, 0.4) is 0 Å².